The molecule has 30 heavy (non-hydrogen) atoms. The second kappa shape index (κ2) is 9.13. The first-order chi connectivity index (χ1) is 14.2. The van der Waals surface area contributed by atoms with E-state index in [1.165, 1.54) is 16.1 Å². The Morgan fingerprint density at radius 3 is 2.10 bits per heavy atom. The van der Waals surface area contributed by atoms with E-state index in [0.717, 1.165) is 16.7 Å². The van der Waals surface area contributed by atoms with Crippen molar-refractivity contribution in [1.29, 1.82) is 0 Å². The Bertz CT molecular complexity index is 1120. The third-order valence-electron chi connectivity index (χ3n) is 4.81. The zero-order chi connectivity index (χ0) is 21.7. The summed E-state index contributed by atoms with van der Waals surface area (Å²) in [5.74, 6) is -0.166. The lowest BCUT2D eigenvalue weighted by Gasteiger charge is -2.23. The molecule has 0 heterocycles. The molecule has 5 nitrogen and oxygen atoms in total. The number of hydrogen-bond acceptors (Lipinski definition) is 3. The number of carbonyl (C=O) groups excluding carboxylic acids is 1. The Labute approximate surface area is 178 Å². The van der Waals surface area contributed by atoms with Crippen LogP contribution in [0, 0.1) is 13.8 Å². The van der Waals surface area contributed by atoms with Gasteiger partial charge in [0.25, 0.3) is 5.91 Å². The molecule has 0 saturated carbocycles. The molecule has 1 amide bonds. The van der Waals surface area contributed by atoms with Gasteiger partial charge in [-0.2, -0.15) is 0 Å². The molecule has 3 aromatic rings. The molecule has 0 aliphatic carbocycles. The van der Waals surface area contributed by atoms with Gasteiger partial charge in [-0.1, -0.05) is 54.1 Å². The summed E-state index contributed by atoms with van der Waals surface area (Å²) in [7, 11) is -3.45. The molecule has 0 bridgehead atoms. The lowest BCUT2D eigenvalue weighted by Crippen LogP contribution is -2.29. The standard InChI is InChI=1S/C24H26N2O3S/c1-18-7-9-20(10-8-18)16-25-24(27)22-13-11-21(12-14-22)17-26(30(3,28)29)23-6-4-5-19(2)15-23/h4-15H,16-17H2,1-3H3,(H,25,27). The number of nitrogens with zero attached hydrogens (tertiary/aromatic N) is 1. The summed E-state index contributed by atoms with van der Waals surface area (Å²) < 4.78 is 26.0. The molecule has 0 spiro atoms. The molecule has 0 aliphatic heterocycles. The largest absolute Gasteiger partial charge is 0.348 e. The summed E-state index contributed by atoms with van der Waals surface area (Å²) in [6.45, 7) is 4.60. The lowest BCUT2D eigenvalue weighted by atomic mass is 10.1. The van der Waals surface area contributed by atoms with Crippen LogP contribution in [-0.4, -0.2) is 20.6 Å². The van der Waals surface area contributed by atoms with Gasteiger partial charge < -0.3 is 5.32 Å². The van der Waals surface area contributed by atoms with Crippen molar-refractivity contribution in [3.63, 3.8) is 0 Å². The van der Waals surface area contributed by atoms with Crippen LogP contribution in [0.25, 0.3) is 0 Å². The van der Waals surface area contributed by atoms with Crippen molar-refractivity contribution in [2.24, 2.45) is 0 Å². The van der Waals surface area contributed by atoms with Crippen LogP contribution in [-0.2, 0) is 23.1 Å². The van der Waals surface area contributed by atoms with Gasteiger partial charge in [0.2, 0.25) is 10.0 Å². The van der Waals surface area contributed by atoms with Crippen molar-refractivity contribution in [3.8, 4) is 0 Å². The minimum Gasteiger partial charge on any atom is -0.348 e. The van der Waals surface area contributed by atoms with Crippen molar-refractivity contribution in [1.82, 2.24) is 5.32 Å². The number of benzene rings is 3. The molecular weight excluding hydrogens is 396 g/mol. The van der Waals surface area contributed by atoms with Crippen LogP contribution in [0.2, 0.25) is 0 Å². The summed E-state index contributed by atoms with van der Waals surface area (Å²) >= 11 is 0. The van der Waals surface area contributed by atoms with E-state index in [9.17, 15) is 13.2 Å². The van der Waals surface area contributed by atoms with Crippen molar-refractivity contribution in [2.75, 3.05) is 10.6 Å². The van der Waals surface area contributed by atoms with E-state index in [1.54, 1.807) is 30.3 Å². The molecule has 0 aromatic heterocycles. The van der Waals surface area contributed by atoms with Crippen molar-refractivity contribution in [3.05, 3.63) is 101 Å². The maximum Gasteiger partial charge on any atom is 0.251 e. The minimum absolute atomic E-state index is 0.166. The van der Waals surface area contributed by atoms with Gasteiger partial charge in [-0.3, -0.25) is 9.10 Å². The van der Waals surface area contributed by atoms with Gasteiger partial charge in [-0.15, -0.1) is 0 Å². The highest BCUT2D eigenvalue weighted by atomic mass is 32.2. The summed E-state index contributed by atoms with van der Waals surface area (Å²) in [4.78, 5) is 12.4. The van der Waals surface area contributed by atoms with Crippen LogP contribution in [0.5, 0.6) is 0 Å². The van der Waals surface area contributed by atoms with Gasteiger partial charge in [0.05, 0.1) is 18.5 Å². The van der Waals surface area contributed by atoms with Gasteiger partial charge in [-0.25, -0.2) is 8.42 Å². The summed E-state index contributed by atoms with van der Waals surface area (Å²) in [5, 5.41) is 2.91. The minimum atomic E-state index is -3.45. The van der Waals surface area contributed by atoms with Gasteiger partial charge in [0.1, 0.15) is 0 Å². The summed E-state index contributed by atoms with van der Waals surface area (Å²) in [6, 6.07) is 22.4. The monoisotopic (exact) mass is 422 g/mol. The van der Waals surface area contributed by atoms with Crippen LogP contribution in [0.4, 0.5) is 5.69 Å². The number of nitrogens with one attached hydrogen (secondary N) is 1. The average molecular weight is 423 g/mol. The summed E-state index contributed by atoms with van der Waals surface area (Å²) in [5.41, 5.74) is 5.16. The maximum absolute atomic E-state index is 12.4. The highest BCUT2D eigenvalue weighted by Crippen LogP contribution is 2.22. The Hall–Kier alpha value is -3.12. The second-order valence-electron chi connectivity index (χ2n) is 7.47. The van der Waals surface area contributed by atoms with Crippen LogP contribution in [0.15, 0.2) is 72.8 Å². The number of rotatable bonds is 7. The quantitative estimate of drug-likeness (QED) is 0.621. The predicted octanol–water partition coefficient (Wildman–Crippen LogP) is 4.20. The van der Waals surface area contributed by atoms with Crippen LogP contribution < -0.4 is 9.62 Å². The zero-order valence-electron chi connectivity index (χ0n) is 17.4. The molecule has 3 aromatic carbocycles. The highest BCUT2D eigenvalue weighted by molar-refractivity contribution is 7.92. The molecular formula is C24H26N2O3S. The Morgan fingerprint density at radius 2 is 1.50 bits per heavy atom. The van der Waals surface area contributed by atoms with Crippen LogP contribution >= 0.6 is 0 Å². The predicted molar refractivity (Wildman–Crippen MR) is 121 cm³/mol. The number of sulfonamides is 1. The second-order valence-corrected chi connectivity index (χ2v) is 9.38. The maximum atomic E-state index is 12.4. The molecule has 0 aliphatic rings. The fraction of sp³-hybridized carbons (Fsp3) is 0.208. The fourth-order valence-electron chi connectivity index (χ4n) is 3.10. The van der Waals surface area contributed by atoms with Crippen LogP contribution in [0.1, 0.15) is 32.6 Å². The Balaban J connectivity index is 1.69. The molecule has 0 saturated heterocycles. The molecule has 3 rings (SSSR count). The molecule has 0 atom stereocenters. The first-order valence-electron chi connectivity index (χ1n) is 9.69. The van der Waals surface area contributed by atoms with E-state index in [4.69, 9.17) is 0 Å². The van der Waals surface area contributed by atoms with Gasteiger partial charge in [0.15, 0.2) is 0 Å². The molecule has 1 N–H and O–H groups in total. The van der Waals surface area contributed by atoms with Crippen molar-refractivity contribution < 1.29 is 13.2 Å². The van der Waals surface area contributed by atoms with E-state index in [-0.39, 0.29) is 12.5 Å². The number of anilines is 1. The molecule has 0 fully saturated rings. The third-order valence-corrected chi connectivity index (χ3v) is 5.95. The van der Waals surface area contributed by atoms with E-state index in [2.05, 4.69) is 5.32 Å². The van der Waals surface area contributed by atoms with Gasteiger partial charge >= 0.3 is 0 Å². The first-order valence-corrected chi connectivity index (χ1v) is 11.5. The zero-order valence-corrected chi connectivity index (χ0v) is 18.2. The first kappa shape index (κ1) is 21.6. The average Bonchev–Trinajstić information content (AvgIpc) is 2.71. The third kappa shape index (κ3) is 5.70. The normalized spacial score (nSPS) is 11.2. The number of aryl methyl sites for hydroxylation is 2. The number of carbonyl (C=O) groups is 1. The number of amides is 1. The SMILES string of the molecule is Cc1ccc(CNC(=O)c2ccc(CN(c3cccc(C)c3)S(C)(=O)=O)cc2)cc1. The lowest BCUT2D eigenvalue weighted by molar-refractivity contribution is 0.0951. The molecule has 156 valence electrons. The molecule has 0 radical (unpaired) electrons. The smallest absolute Gasteiger partial charge is 0.251 e. The molecule has 6 heteroatoms. The van der Waals surface area contributed by atoms with E-state index in [0.29, 0.717) is 17.8 Å². The van der Waals surface area contributed by atoms with Crippen LogP contribution in [0.3, 0.4) is 0 Å². The highest BCUT2D eigenvalue weighted by Gasteiger charge is 2.18. The summed E-state index contributed by atoms with van der Waals surface area (Å²) in [6.07, 6.45) is 1.20. The van der Waals surface area contributed by atoms with Crippen molar-refractivity contribution >= 4 is 21.6 Å². The topological polar surface area (TPSA) is 66.5 Å². The van der Waals surface area contributed by atoms with E-state index < -0.39 is 10.0 Å². The number of hydrogen-bond donors (Lipinski definition) is 1. The Morgan fingerprint density at radius 1 is 0.867 bits per heavy atom. The van der Waals surface area contributed by atoms with Gasteiger partial charge in [0, 0.05) is 12.1 Å². The van der Waals surface area contributed by atoms with Gasteiger partial charge in [-0.05, 0) is 54.8 Å². The van der Waals surface area contributed by atoms with Crippen molar-refractivity contribution in [2.45, 2.75) is 26.9 Å². The van der Waals surface area contributed by atoms with E-state index >= 15 is 0 Å². The van der Waals surface area contributed by atoms with E-state index in [1.807, 2.05) is 56.3 Å². The Kier molecular flexibility index (Phi) is 6.57. The fourth-order valence-corrected chi connectivity index (χ4v) is 3.98. The molecule has 0 unspecified atom stereocenters.